The smallest absolute Gasteiger partial charge is 0.434 e. The number of benzene rings is 2. The van der Waals surface area contributed by atoms with Crippen LogP contribution in [-0.2, 0) is 10.9 Å². The molecule has 10 heteroatoms. The lowest BCUT2D eigenvalue weighted by Crippen LogP contribution is -2.41. The summed E-state index contributed by atoms with van der Waals surface area (Å²) in [7, 11) is 0. The number of carbonyl (C=O) groups is 3. The van der Waals surface area contributed by atoms with E-state index in [9.17, 15) is 27.6 Å². The highest BCUT2D eigenvalue weighted by Gasteiger charge is 2.31. The molecule has 2 aromatic carbocycles. The number of rotatable bonds is 6. The number of hydrogen-bond acceptors (Lipinski definition) is 5. The Balaban J connectivity index is 1.44. The lowest BCUT2D eigenvalue weighted by atomic mass is 9.96. The number of nitrogens with zero attached hydrogens (tertiary/aromatic N) is 1. The molecule has 3 rings (SSSR count). The van der Waals surface area contributed by atoms with Crippen LogP contribution in [0.25, 0.3) is 0 Å². The Morgan fingerprint density at radius 1 is 0.971 bits per heavy atom. The molecular formula is C24H25F3N2O5. The molecule has 0 radical (unpaired) electrons. The zero-order valence-corrected chi connectivity index (χ0v) is 18.6. The Morgan fingerprint density at radius 3 is 2.12 bits per heavy atom. The zero-order chi connectivity index (χ0) is 24.7. The normalized spacial score (nSPS) is 14.4. The summed E-state index contributed by atoms with van der Waals surface area (Å²) in [5.41, 5.74) is -0.166. The molecule has 0 spiro atoms. The van der Waals surface area contributed by atoms with Crippen molar-refractivity contribution >= 4 is 18.0 Å². The maximum absolute atomic E-state index is 12.7. The second-order valence-corrected chi connectivity index (χ2v) is 7.83. The Bertz CT molecular complexity index is 999. The first-order valence-electron chi connectivity index (χ1n) is 10.9. The van der Waals surface area contributed by atoms with E-state index in [1.807, 2.05) is 0 Å². The molecule has 0 atom stereocenters. The van der Waals surface area contributed by atoms with Crippen LogP contribution in [0, 0.1) is 5.92 Å². The Labute approximate surface area is 194 Å². The average molecular weight is 478 g/mol. The molecule has 1 heterocycles. The largest absolute Gasteiger partial charge is 0.513 e. The fraction of sp³-hybridized carbons (Fsp3) is 0.375. The second-order valence-electron chi connectivity index (χ2n) is 7.83. The molecule has 0 saturated carbocycles. The maximum atomic E-state index is 12.7. The summed E-state index contributed by atoms with van der Waals surface area (Å²) in [5.74, 6) is -0.139. The third-order valence-corrected chi connectivity index (χ3v) is 5.49. The van der Waals surface area contributed by atoms with Crippen molar-refractivity contribution in [3.05, 3.63) is 65.2 Å². The zero-order valence-electron chi connectivity index (χ0n) is 18.6. The third kappa shape index (κ3) is 6.72. The number of amides is 2. The Kier molecular flexibility index (Phi) is 8.14. The molecule has 182 valence electrons. The van der Waals surface area contributed by atoms with Gasteiger partial charge < -0.3 is 19.7 Å². The van der Waals surface area contributed by atoms with Crippen molar-refractivity contribution in [2.24, 2.45) is 5.92 Å². The van der Waals surface area contributed by atoms with Crippen molar-refractivity contribution in [3.63, 3.8) is 0 Å². The molecule has 0 unspecified atom stereocenters. The van der Waals surface area contributed by atoms with Gasteiger partial charge in [0, 0.05) is 30.8 Å². The standard InChI is InChI=1S/C24H25F3N2O5/c1-2-33-23(32)34-20-9-5-17(6-10-20)21(30)28-15-16-11-13-29(14-12-16)22(31)18-3-7-19(8-4-18)24(25,26)27/h3-10,16H,2,11-15H2,1H3,(H,28,30). The molecule has 1 fully saturated rings. The van der Waals surface area contributed by atoms with Crippen LogP contribution in [-0.4, -0.2) is 49.1 Å². The van der Waals surface area contributed by atoms with Crippen molar-refractivity contribution in [1.29, 1.82) is 0 Å². The topological polar surface area (TPSA) is 84.9 Å². The predicted molar refractivity (Wildman–Crippen MR) is 116 cm³/mol. The Hall–Kier alpha value is -3.56. The molecule has 34 heavy (non-hydrogen) atoms. The molecule has 1 saturated heterocycles. The molecule has 2 aromatic rings. The average Bonchev–Trinajstić information content (AvgIpc) is 2.82. The van der Waals surface area contributed by atoms with Gasteiger partial charge in [-0.3, -0.25) is 9.59 Å². The van der Waals surface area contributed by atoms with E-state index in [4.69, 9.17) is 4.74 Å². The summed E-state index contributed by atoms with van der Waals surface area (Å²) in [6.07, 6.45) is -3.93. The van der Waals surface area contributed by atoms with Gasteiger partial charge in [0.05, 0.1) is 12.2 Å². The molecular weight excluding hydrogens is 453 g/mol. The van der Waals surface area contributed by atoms with Crippen LogP contribution in [0.15, 0.2) is 48.5 Å². The quantitative estimate of drug-likeness (QED) is 0.487. The number of carbonyl (C=O) groups excluding carboxylic acids is 3. The molecule has 0 bridgehead atoms. The van der Waals surface area contributed by atoms with Gasteiger partial charge in [-0.25, -0.2) is 4.79 Å². The molecule has 2 amide bonds. The van der Waals surface area contributed by atoms with E-state index in [0.29, 0.717) is 38.0 Å². The van der Waals surface area contributed by atoms with Gasteiger partial charge in [-0.1, -0.05) is 0 Å². The van der Waals surface area contributed by atoms with E-state index in [2.05, 4.69) is 10.1 Å². The summed E-state index contributed by atoms with van der Waals surface area (Å²) in [6.45, 7) is 3.21. The fourth-order valence-electron chi connectivity index (χ4n) is 3.58. The van der Waals surface area contributed by atoms with Gasteiger partial charge in [-0.2, -0.15) is 13.2 Å². The summed E-state index contributed by atoms with van der Waals surface area (Å²) in [4.78, 5) is 37.9. The van der Waals surface area contributed by atoms with Crippen LogP contribution in [0.2, 0.25) is 0 Å². The first kappa shape index (κ1) is 25.1. The van der Waals surface area contributed by atoms with Gasteiger partial charge in [-0.05, 0) is 74.2 Å². The summed E-state index contributed by atoms with van der Waals surface area (Å²) in [5, 5.41) is 2.86. The van der Waals surface area contributed by atoms with Crippen molar-refractivity contribution < 1.29 is 37.0 Å². The molecule has 1 aliphatic rings. The minimum absolute atomic E-state index is 0.173. The first-order chi connectivity index (χ1) is 16.2. The van der Waals surface area contributed by atoms with Gasteiger partial charge in [0.1, 0.15) is 5.75 Å². The number of hydrogen-bond donors (Lipinski definition) is 1. The molecule has 1 aliphatic heterocycles. The fourth-order valence-corrected chi connectivity index (χ4v) is 3.58. The second kappa shape index (κ2) is 11.0. The maximum Gasteiger partial charge on any atom is 0.513 e. The van der Waals surface area contributed by atoms with Crippen LogP contribution in [0.1, 0.15) is 46.0 Å². The van der Waals surface area contributed by atoms with E-state index in [1.54, 1.807) is 11.8 Å². The van der Waals surface area contributed by atoms with Gasteiger partial charge in [-0.15, -0.1) is 0 Å². The van der Waals surface area contributed by atoms with E-state index < -0.39 is 17.9 Å². The van der Waals surface area contributed by atoms with Crippen molar-refractivity contribution in [1.82, 2.24) is 10.2 Å². The highest BCUT2D eigenvalue weighted by atomic mass is 19.4. The SMILES string of the molecule is CCOC(=O)Oc1ccc(C(=O)NCC2CCN(C(=O)c3ccc(C(F)(F)F)cc3)CC2)cc1. The number of likely N-dealkylation sites (tertiary alicyclic amines) is 1. The van der Waals surface area contributed by atoms with Gasteiger partial charge in [0.25, 0.3) is 11.8 Å². The minimum atomic E-state index is -4.44. The molecule has 7 nitrogen and oxygen atoms in total. The van der Waals surface area contributed by atoms with Crippen LogP contribution in [0.5, 0.6) is 5.75 Å². The summed E-state index contributed by atoms with van der Waals surface area (Å²) in [6, 6.07) is 10.3. The van der Waals surface area contributed by atoms with E-state index >= 15 is 0 Å². The third-order valence-electron chi connectivity index (χ3n) is 5.49. The van der Waals surface area contributed by atoms with Crippen LogP contribution < -0.4 is 10.1 Å². The van der Waals surface area contributed by atoms with Crippen LogP contribution in [0.4, 0.5) is 18.0 Å². The van der Waals surface area contributed by atoms with Crippen molar-refractivity contribution in [2.75, 3.05) is 26.2 Å². The molecule has 0 aliphatic carbocycles. The summed E-state index contributed by atoms with van der Waals surface area (Å²) >= 11 is 0. The molecule has 0 aromatic heterocycles. The molecule has 1 N–H and O–H groups in total. The van der Waals surface area contributed by atoms with Crippen LogP contribution >= 0.6 is 0 Å². The first-order valence-corrected chi connectivity index (χ1v) is 10.9. The summed E-state index contributed by atoms with van der Waals surface area (Å²) < 4.78 is 47.7. The predicted octanol–water partition coefficient (Wildman–Crippen LogP) is 4.52. The van der Waals surface area contributed by atoms with Gasteiger partial charge >= 0.3 is 12.3 Å². The highest BCUT2D eigenvalue weighted by Crippen LogP contribution is 2.29. The van der Waals surface area contributed by atoms with E-state index in [0.717, 1.165) is 12.1 Å². The number of nitrogens with one attached hydrogen (secondary N) is 1. The number of ether oxygens (including phenoxy) is 2. The lowest BCUT2D eigenvalue weighted by Gasteiger charge is -2.32. The number of alkyl halides is 3. The van der Waals surface area contributed by atoms with Crippen molar-refractivity contribution in [2.45, 2.75) is 25.9 Å². The Morgan fingerprint density at radius 2 is 1.56 bits per heavy atom. The van der Waals surface area contributed by atoms with E-state index in [1.165, 1.54) is 36.4 Å². The van der Waals surface area contributed by atoms with Gasteiger partial charge in [0.2, 0.25) is 0 Å². The van der Waals surface area contributed by atoms with E-state index in [-0.39, 0.29) is 35.7 Å². The monoisotopic (exact) mass is 478 g/mol. The van der Waals surface area contributed by atoms with Crippen molar-refractivity contribution in [3.8, 4) is 5.75 Å². The number of halogens is 3. The minimum Gasteiger partial charge on any atom is -0.434 e. The lowest BCUT2D eigenvalue weighted by molar-refractivity contribution is -0.137. The number of piperidine rings is 1. The highest BCUT2D eigenvalue weighted by molar-refractivity contribution is 5.95. The van der Waals surface area contributed by atoms with Crippen LogP contribution in [0.3, 0.4) is 0 Å². The van der Waals surface area contributed by atoms with Gasteiger partial charge in [0.15, 0.2) is 0 Å².